The van der Waals surface area contributed by atoms with Crippen molar-refractivity contribution in [1.82, 2.24) is 10.3 Å². The lowest BCUT2D eigenvalue weighted by Crippen LogP contribution is -2.43. The van der Waals surface area contributed by atoms with Crippen LogP contribution in [-0.4, -0.2) is 23.9 Å². The predicted octanol–water partition coefficient (Wildman–Crippen LogP) is 2.64. The van der Waals surface area contributed by atoms with Gasteiger partial charge in [-0.15, -0.1) is 0 Å². The molecule has 3 heteroatoms. The summed E-state index contributed by atoms with van der Waals surface area (Å²) < 4.78 is 0. The van der Waals surface area contributed by atoms with E-state index in [1.54, 1.807) is 0 Å². The van der Waals surface area contributed by atoms with Crippen LogP contribution in [0.3, 0.4) is 0 Å². The van der Waals surface area contributed by atoms with E-state index in [0.29, 0.717) is 17.0 Å². The average Bonchev–Trinajstić information content (AvgIpc) is 2.29. The highest BCUT2D eigenvalue weighted by molar-refractivity contribution is 5.57. The fourth-order valence-corrected chi connectivity index (χ4v) is 1.79. The van der Waals surface area contributed by atoms with Crippen LogP contribution in [0.15, 0.2) is 5.10 Å². The average molecular weight is 211 g/mol. The minimum absolute atomic E-state index is 0.314. The smallest absolute Gasteiger partial charge is 0.116 e. The van der Waals surface area contributed by atoms with Crippen LogP contribution in [0.2, 0.25) is 0 Å². The summed E-state index contributed by atoms with van der Waals surface area (Å²) in [5.74, 6) is 0. The number of rotatable bonds is 2. The van der Waals surface area contributed by atoms with Crippen LogP contribution in [0.4, 0.5) is 0 Å². The van der Waals surface area contributed by atoms with E-state index in [2.05, 4.69) is 57.0 Å². The molecule has 3 nitrogen and oxygen atoms in total. The third kappa shape index (κ3) is 4.54. The number of nitrogens with zero attached hydrogens (tertiary/aromatic N) is 2. The zero-order valence-electron chi connectivity index (χ0n) is 11.0. The summed E-state index contributed by atoms with van der Waals surface area (Å²) in [7, 11) is 0. The lowest BCUT2D eigenvalue weighted by molar-refractivity contribution is 0.174. The summed E-state index contributed by atoms with van der Waals surface area (Å²) in [5, 5.41) is 4.17. The topological polar surface area (TPSA) is 27.6 Å². The number of hydrogen-bond acceptors (Lipinski definition) is 3. The molecule has 0 aliphatic carbocycles. The van der Waals surface area contributed by atoms with Crippen molar-refractivity contribution >= 4 is 6.34 Å². The normalized spacial score (nSPS) is 22.0. The van der Waals surface area contributed by atoms with Crippen LogP contribution in [0.1, 0.15) is 48.0 Å². The van der Waals surface area contributed by atoms with Gasteiger partial charge in [-0.05, 0) is 17.3 Å². The van der Waals surface area contributed by atoms with Crippen molar-refractivity contribution in [3.63, 3.8) is 0 Å². The van der Waals surface area contributed by atoms with Crippen molar-refractivity contribution in [2.24, 2.45) is 15.9 Å². The summed E-state index contributed by atoms with van der Waals surface area (Å²) in [6.45, 7) is 14.6. The van der Waals surface area contributed by atoms with E-state index in [9.17, 15) is 0 Å². The van der Waals surface area contributed by atoms with E-state index >= 15 is 0 Å². The highest BCUT2D eigenvalue weighted by atomic mass is 15.5. The van der Waals surface area contributed by atoms with Crippen molar-refractivity contribution in [2.75, 3.05) is 6.54 Å². The Labute approximate surface area is 93.9 Å². The number of nitrogens with one attached hydrogen (secondary N) is 1. The Morgan fingerprint density at radius 2 is 1.73 bits per heavy atom. The van der Waals surface area contributed by atoms with Gasteiger partial charge in [0.05, 0.1) is 0 Å². The van der Waals surface area contributed by atoms with Gasteiger partial charge in [-0.3, -0.25) is 5.43 Å². The quantitative estimate of drug-likeness (QED) is 0.760. The molecule has 0 bridgehead atoms. The molecule has 0 radical (unpaired) electrons. The Balaban J connectivity index is 2.53. The molecule has 0 spiro atoms. The van der Waals surface area contributed by atoms with Crippen LogP contribution in [0, 0.1) is 10.8 Å². The number of hydrazone groups is 1. The summed E-state index contributed by atoms with van der Waals surface area (Å²) in [6, 6.07) is 0. The molecule has 0 aromatic carbocycles. The molecule has 15 heavy (non-hydrogen) atoms. The SMILES string of the molecule is CC(C)(C)CC1NN=CN1CC(C)(C)C. The van der Waals surface area contributed by atoms with E-state index in [-0.39, 0.29) is 0 Å². The largest absolute Gasteiger partial charge is 0.339 e. The molecular formula is C12H25N3. The van der Waals surface area contributed by atoms with Crippen LogP contribution in [0.25, 0.3) is 0 Å². The minimum atomic E-state index is 0.314. The third-order valence-corrected chi connectivity index (χ3v) is 2.29. The van der Waals surface area contributed by atoms with E-state index in [1.165, 1.54) is 0 Å². The maximum absolute atomic E-state index is 4.17. The van der Waals surface area contributed by atoms with Crippen LogP contribution in [0.5, 0.6) is 0 Å². The van der Waals surface area contributed by atoms with Gasteiger partial charge in [0, 0.05) is 6.54 Å². The first-order valence-corrected chi connectivity index (χ1v) is 5.72. The molecular weight excluding hydrogens is 186 g/mol. The number of hydrogen-bond donors (Lipinski definition) is 1. The molecule has 0 fully saturated rings. The van der Waals surface area contributed by atoms with Crippen LogP contribution in [-0.2, 0) is 0 Å². The standard InChI is InChI=1S/C12H25N3/c1-11(2,3)7-10-14-13-9-15(10)8-12(4,5)6/h9-10,14H,7-8H2,1-6H3. The first kappa shape index (κ1) is 12.3. The molecule has 1 unspecified atom stereocenters. The van der Waals surface area contributed by atoms with Gasteiger partial charge in [0.15, 0.2) is 0 Å². The molecule has 0 saturated carbocycles. The lowest BCUT2D eigenvalue weighted by Gasteiger charge is -2.33. The Bertz CT molecular complexity index is 232. The van der Waals surface area contributed by atoms with Gasteiger partial charge in [0.2, 0.25) is 0 Å². The summed E-state index contributed by atoms with van der Waals surface area (Å²) >= 11 is 0. The molecule has 0 aromatic heterocycles. The van der Waals surface area contributed by atoms with Gasteiger partial charge in [0.1, 0.15) is 12.5 Å². The second-order valence-electron chi connectivity index (χ2n) is 6.89. The van der Waals surface area contributed by atoms with Gasteiger partial charge in [0.25, 0.3) is 0 Å². The third-order valence-electron chi connectivity index (χ3n) is 2.29. The Kier molecular flexibility index (Phi) is 3.31. The highest BCUT2D eigenvalue weighted by Crippen LogP contribution is 2.25. The molecule has 0 saturated heterocycles. The maximum atomic E-state index is 4.17. The Morgan fingerprint density at radius 3 is 2.20 bits per heavy atom. The molecule has 1 heterocycles. The molecule has 1 aliphatic heterocycles. The van der Waals surface area contributed by atoms with E-state index in [4.69, 9.17) is 0 Å². The molecule has 1 atom stereocenters. The van der Waals surface area contributed by atoms with E-state index in [1.807, 2.05) is 6.34 Å². The fraction of sp³-hybridized carbons (Fsp3) is 0.917. The van der Waals surface area contributed by atoms with Crippen molar-refractivity contribution in [2.45, 2.75) is 54.1 Å². The van der Waals surface area contributed by atoms with Crippen molar-refractivity contribution < 1.29 is 0 Å². The monoisotopic (exact) mass is 211 g/mol. The Morgan fingerprint density at radius 1 is 1.13 bits per heavy atom. The first-order chi connectivity index (χ1) is 6.67. The first-order valence-electron chi connectivity index (χ1n) is 5.72. The van der Waals surface area contributed by atoms with E-state index in [0.717, 1.165) is 13.0 Å². The fourth-order valence-electron chi connectivity index (χ4n) is 1.79. The van der Waals surface area contributed by atoms with Gasteiger partial charge in [-0.1, -0.05) is 41.5 Å². The molecule has 1 rings (SSSR count). The van der Waals surface area contributed by atoms with Gasteiger partial charge in [-0.25, -0.2) is 0 Å². The maximum Gasteiger partial charge on any atom is 0.116 e. The highest BCUT2D eigenvalue weighted by Gasteiger charge is 2.28. The molecule has 1 aliphatic rings. The van der Waals surface area contributed by atoms with Crippen LogP contribution < -0.4 is 5.43 Å². The summed E-state index contributed by atoms with van der Waals surface area (Å²) in [6.07, 6.45) is 3.41. The molecule has 1 N–H and O–H groups in total. The summed E-state index contributed by atoms with van der Waals surface area (Å²) in [5.41, 5.74) is 3.83. The van der Waals surface area contributed by atoms with Gasteiger partial charge in [-0.2, -0.15) is 5.10 Å². The van der Waals surface area contributed by atoms with Gasteiger partial charge >= 0.3 is 0 Å². The van der Waals surface area contributed by atoms with Crippen LogP contribution >= 0.6 is 0 Å². The van der Waals surface area contributed by atoms with Gasteiger partial charge < -0.3 is 4.90 Å². The second-order valence-corrected chi connectivity index (χ2v) is 6.89. The van der Waals surface area contributed by atoms with Crippen molar-refractivity contribution in [3.8, 4) is 0 Å². The molecule has 0 amide bonds. The molecule has 0 aromatic rings. The predicted molar refractivity (Wildman–Crippen MR) is 65.6 cm³/mol. The Hall–Kier alpha value is -0.730. The lowest BCUT2D eigenvalue weighted by atomic mass is 9.89. The second kappa shape index (κ2) is 4.03. The van der Waals surface area contributed by atoms with Crippen molar-refractivity contribution in [1.29, 1.82) is 0 Å². The zero-order chi connectivity index (χ0) is 11.7. The summed E-state index contributed by atoms with van der Waals surface area (Å²) in [4.78, 5) is 2.31. The van der Waals surface area contributed by atoms with E-state index < -0.39 is 0 Å². The molecule has 88 valence electrons. The van der Waals surface area contributed by atoms with Crippen molar-refractivity contribution in [3.05, 3.63) is 0 Å². The minimum Gasteiger partial charge on any atom is -0.339 e. The zero-order valence-corrected chi connectivity index (χ0v) is 11.0.